The van der Waals surface area contributed by atoms with Crippen LogP contribution < -0.4 is 11.1 Å². The first-order chi connectivity index (χ1) is 7.65. The molecule has 2 aromatic rings. The Labute approximate surface area is 106 Å². The molecular weight excluding hydrogens is 288 g/mol. The van der Waals surface area contributed by atoms with Crippen molar-refractivity contribution >= 4 is 38.8 Å². The Bertz CT molecular complexity index is 497. The van der Waals surface area contributed by atoms with Gasteiger partial charge >= 0.3 is 0 Å². The van der Waals surface area contributed by atoms with Gasteiger partial charge in [-0.25, -0.2) is 9.97 Å². The third-order valence-electron chi connectivity index (χ3n) is 1.97. The van der Waals surface area contributed by atoms with E-state index >= 15 is 0 Å². The van der Waals surface area contributed by atoms with E-state index in [4.69, 9.17) is 5.73 Å². The van der Waals surface area contributed by atoms with Crippen molar-refractivity contribution in [2.75, 3.05) is 11.1 Å². The summed E-state index contributed by atoms with van der Waals surface area (Å²) in [4.78, 5) is 8.55. The van der Waals surface area contributed by atoms with Crippen molar-refractivity contribution < 1.29 is 0 Å². The second-order valence-electron chi connectivity index (χ2n) is 3.31. The number of halogens is 1. The number of aryl methyl sites for hydroxylation is 1. The lowest BCUT2D eigenvalue weighted by Gasteiger charge is -2.06. The van der Waals surface area contributed by atoms with Crippen LogP contribution >= 0.6 is 27.3 Å². The van der Waals surface area contributed by atoms with E-state index in [1.165, 1.54) is 0 Å². The van der Waals surface area contributed by atoms with Crippen molar-refractivity contribution in [1.29, 1.82) is 0 Å². The van der Waals surface area contributed by atoms with Crippen molar-refractivity contribution in [3.63, 3.8) is 0 Å². The van der Waals surface area contributed by atoms with E-state index in [1.807, 2.05) is 18.4 Å². The van der Waals surface area contributed by atoms with Gasteiger partial charge < -0.3 is 11.1 Å². The number of rotatable bonds is 3. The Kier molecular flexibility index (Phi) is 3.40. The third-order valence-corrected chi connectivity index (χ3v) is 3.39. The maximum Gasteiger partial charge on any atom is 0.140 e. The van der Waals surface area contributed by atoms with Gasteiger partial charge in [0.15, 0.2) is 0 Å². The highest BCUT2D eigenvalue weighted by atomic mass is 79.9. The van der Waals surface area contributed by atoms with Crippen LogP contribution in [0.1, 0.15) is 10.7 Å². The summed E-state index contributed by atoms with van der Waals surface area (Å²) < 4.78 is 0.861. The molecule has 0 bridgehead atoms. The van der Waals surface area contributed by atoms with Crippen LogP contribution in [-0.2, 0) is 6.54 Å². The number of nitrogen functional groups attached to an aromatic ring is 1. The normalized spacial score (nSPS) is 10.4. The smallest absolute Gasteiger partial charge is 0.140 e. The van der Waals surface area contributed by atoms with Gasteiger partial charge in [-0.15, -0.1) is 11.3 Å². The molecule has 4 nitrogen and oxygen atoms in total. The van der Waals surface area contributed by atoms with Crippen LogP contribution in [0.15, 0.2) is 22.1 Å². The molecule has 0 fully saturated rings. The van der Waals surface area contributed by atoms with Gasteiger partial charge in [0.2, 0.25) is 0 Å². The van der Waals surface area contributed by atoms with Gasteiger partial charge in [0.1, 0.15) is 5.82 Å². The van der Waals surface area contributed by atoms with E-state index in [0.717, 1.165) is 21.0 Å². The number of thiazole rings is 1. The molecule has 0 amide bonds. The molecule has 2 heterocycles. The summed E-state index contributed by atoms with van der Waals surface area (Å²) in [6, 6.07) is 1.82. The number of nitrogens with zero attached hydrogens (tertiary/aromatic N) is 2. The van der Waals surface area contributed by atoms with Crippen molar-refractivity contribution in [2.45, 2.75) is 13.5 Å². The van der Waals surface area contributed by atoms with Gasteiger partial charge in [0.25, 0.3) is 0 Å². The fourth-order valence-corrected chi connectivity index (χ4v) is 2.37. The molecule has 0 unspecified atom stereocenters. The molecule has 0 aliphatic carbocycles. The molecule has 0 aliphatic rings. The number of nitrogens with one attached hydrogen (secondary N) is 1. The largest absolute Gasteiger partial charge is 0.397 e. The molecule has 0 saturated carbocycles. The Morgan fingerprint density at radius 3 is 3.00 bits per heavy atom. The van der Waals surface area contributed by atoms with Crippen molar-refractivity contribution in [2.24, 2.45) is 0 Å². The van der Waals surface area contributed by atoms with E-state index in [2.05, 4.69) is 31.2 Å². The number of nitrogens with two attached hydrogens (primary N) is 1. The summed E-state index contributed by atoms with van der Waals surface area (Å²) in [5.74, 6) is 0.778. The van der Waals surface area contributed by atoms with Gasteiger partial charge in [-0.05, 0) is 28.9 Å². The first-order valence-corrected chi connectivity index (χ1v) is 6.38. The zero-order valence-electron chi connectivity index (χ0n) is 8.70. The van der Waals surface area contributed by atoms with Crippen molar-refractivity contribution in [3.05, 3.63) is 32.8 Å². The monoisotopic (exact) mass is 298 g/mol. The summed E-state index contributed by atoms with van der Waals surface area (Å²) in [5.41, 5.74) is 7.27. The molecular formula is C10H11BrN4S. The van der Waals surface area contributed by atoms with Crippen LogP contribution in [0.5, 0.6) is 0 Å². The predicted octanol–water partition coefficient (Wildman–Crippen LogP) is 2.80. The molecule has 3 N–H and O–H groups in total. The lowest BCUT2D eigenvalue weighted by molar-refractivity contribution is 1.04. The van der Waals surface area contributed by atoms with E-state index in [0.29, 0.717) is 12.2 Å². The van der Waals surface area contributed by atoms with Crippen molar-refractivity contribution in [3.8, 4) is 0 Å². The summed E-state index contributed by atoms with van der Waals surface area (Å²) in [6.07, 6.45) is 1.62. The summed E-state index contributed by atoms with van der Waals surface area (Å²) in [7, 11) is 0. The first-order valence-electron chi connectivity index (χ1n) is 4.71. The SMILES string of the molecule is Cc1nc(CNc2ncc(N)cc2Br)cs1. The van der Waals surface area contributed by atoms with E-state index in [-0.39, 0.29) is 0 Å². The highest BCUT2D eigenvalue weighted by molar-refractivity contribution is 9.10. The zero-order chi connectivity index (χ0) is 11.5. The number of pyridine rings is 1. The van der Waals surface area contributed by atoms with E-state index in [1.54, 1.807) is 17.5 Å². The second kappa shape index (κ2) is 4.80. The minimum absolute atomic E-state index is 0.641. The number of anilines is 2. The van der Waals surface area contributed by atoms with Crippen LogP contribution in [0.4, 0.5) is 11.5 Å². The average molecular weight is 299 g/mol. The second-order valence-corrected chi connectivity index (χ2v) is 5.23. The quantitative estimate of drug-likeness (QED) is 0.914. The van der Waals surface area contributed by atoms with E-state index < -0.39 is 0 Å². The van der Waals surface area contributed by atoms with Crippen LogP contribution in [0, 0.1) is 6.92 Å². The summed E-state index contributed by atoms with van der Waals surface area (Å²) in [6.45, 7) is 2.66. The maximum atomic E-state index is 5.61. The topological polar surface area (TPSA) is 63.8 Å². The standard InChI is InChI=1S/C10H11BrN4S/c1-6-15-8(5-16-6)4-14-10-9(11)2-7(12)3-13-10/h2-3,5H,4,12H2,1H3,(H,13,14). The molecule has 0 spiro atoms. The van der Waals surface area contributed by atoms with Gasteiger partial charge in [-0.2, -0.15) is 0 Å². The van der Waals surface area contributed by atoms with Gasteiger partial charge in [-0.1, -0.05) is 0 Å². The highest BCUT2D eigenvalue weighted by Crippen LogP contribution is 2.22. The Morgan fingerprint density at radius 2 is 2.38 bits per heavy atom. The van der Waals surface area contributed by atoms with Gasteiger partial charge in [0, 0.05) is 5.38 Å². The maximum absolute atomic E-state index is 5.61. The molecule has 0 radical (unpaired) electrons. The number of aromatic nitrogens is 2. The van der Waals surface area contributed by atoms with E-state index in [9.17, 15) is 0 Å². The van der Waals surface area contributed by atoms with Crippen LogP contribution in [0.2, 0.25) is 0 Å². The molecule has 0 aliphatic heterocycles. The molecule has 16 heavy (non-hydrogen) atoms. The molecule has 0 aromatic carbocycles. The Morgan fingerprint density at radius 1 is 1.56 bits per heavy atom. The molecule has 0 saturated heterocycles. The summed E-state index contributed by atoms with van der Waals surface area (Å²) in [5, 5.41) is 6.31. The first kappa shape index (κ1) is 11.3. The van der Waals surface area contributed by atoms with Crippen LogP contribution in [0.3, 0.4) is 0 Å². The van der Waals surface area contributed by atoms with Gasteiger partial charge in [0.05, 0.1) is 33.6 Å². The number of hydrogen-bond acceptors (Lipinski definition) is 5. The molecule has 2 aromatic heterocycles. The molecule has 0 atom stereocenters. The Hall–Kier alpha value is -1.14. The minimum atomic E-state index is 0.641. The third kappa shape index (κ3) is 2.70. The van der Waals surface area contributed by atoms with Gasteiger partial charge in [-0.3, -0.25) is 0 Å². The summed E-state index contributed by atoms with van der Waals surface area (Å²) >= 11 is 5.05. The molecule has 84 valence electrons. The minimum Gasteiger partial charge on any atom is -0.397 e. The highest BCUT2D eigenvalue weighted by Gasteiger charge is 2.03. The fourth-order valence-electron chi connectivity index (χ4n) is 1.25. The average Bonchev–Trinajstić information content (AvgIpc) is 2.63. The van der Waals surface area contributed by atoms with Crippen LogP contribution in [0.25, 0.3) is 0 Å². The predicted molar refractivity (Wildman–Crippen MR) is 70.5 cm³/mol. The molecule has 2 rings (SSSR count). The number of hydrogen-bond donors (Lipinski definition) is 2. The lowest BCUT2D eigenvalue weighted by atomic mass is 10.4. The van der Waals surface area contributed by atoms with Crippen LogP contribution in [-0.4, -0.2) is 9.97 Å². The zero-order valence-corrected chi connectivity index (χ0v) is 11.1. The molecule has 6 heteroatoms. The lowest BCUT2D eigenvalue weighted by Crippen LogP contribution is -2.03. The fraction of sp³-hybridized carbons (Fsp3) is 0.200. The Balaban J connectivity index is 2.04. The van der Waals surface area contributed by atoms with Crippen molar-refractivity contribution in [1.82, 2.24) is 9.97 Å².